The molecular formula is C23H33N5O. The lowest BCUT2D eigenvalue weighted by atomic mass is 9.86. The summed E-state index contributed by atoms with van der Waals surface area (Å²) in [7, 11) is 2.21. The molecule has 0 saturated carbocycles. The smallest absolute Gasteiger partial charge is 0.137 e. The normalized spacial score (nSPS) is 26.2. The van der Waals surface area contributed by atoms with Crippen LogP contribution in [0.5, 0.6) is 5.75 Å². The van der Waals surface area contributed by atoms with Gasteiger partial charge >= 0.3 is 0 Å². The molecular weight excluding hydrogens is 362 g/mol. The maximum Gasteiger partial charge on any atom is 0.137 e. The molecule has 1 aromatic heterocycles. The Bertz CT molecular complexity index is 883. The topological polar surface area (TPSA) is 91.1 Å². The molecule has 2 aliphatic rings. The van der Waals surface area contributed by atoms with E-state index in [9.17, 15) is 0 Å². The van der Waals surface area contributed by atoms with E-state index in [0.29, 0.717) is 5.75 Å². The van der Waals surface area contributed by atoms with Crippen LogP contribution in [0, 0.1) is 10.8 Å². The van der Waals surface area contributed by atoms with E-state index in [1.807, 2.05) is 12.1 Å². The summed E-state index contributed by atoms with van der Waals surface area (Å²) in [5.41, 5.74) is 8.68. The fraction of sp³-hybridized carbons (Fsp3) is 0.478. The predicted octanol–water partition coefficient (Wildman–Crippen LogP) is 3.83. The third kappa shape index (κ3) is 4.95. The molecule has 6 heteroatoms. The minimum absolute atomic E-state index is 0.0308. The molecule has 1 unspecified atom stereocenters. The van der Waals surface area contributed by atoms with Gasteiger partial charge in [0.1, 0.15) is 17.3 Å². The van der Waals surface area contributed by atoms with Crippen LogP contribution in [0.15, 0.2) is 42.6 Å². The molecule has 0 radical (unpaired) electrons. The van der Waals surface area contributed by atoms with Crippen molar-refractivity contribution in [3.8, 4) is 5.75 Å². The second kappa shape index (κ2) is 9.37. The lowest BCUT2D eigenvalue weighted by Crippen LogP contribution is -2.27. The van der Waals surface area contributed by atoms with Crippen LogP contribution in [-0.2, 0) is 0 Å². The minimum Gasteiger partial charge on any atom is -0.484 e. The predicted molar refractivity (Wildman–Crippen MR) is 116 cm³/mol. The number of benzene rings is 1. The van der Waals surface area contributed by atoms with E-state index in [1.165, 1.54) is 17.4 Å². The van der Waals surface area contributed by atoms with Crippen molar-refractivity contribution >= 4 is 6.34 Å². The highest BCUT2D eigenvalue weighted by molar-refractivity contribution is 5.54. The molecule has 1 aliphatic carbocycles. The van der Waals surface area contributed by atoms with Gasteiger partial charge in [-0.1, -0.05) is 24.3 Å². The van der Waals surface area contributed by atoms with Crippen LogP contribution in [0.2, 0.25) is 0 Å². The Labute approximate surface area is 173 Å². The van der Waals surface area contributed by atoms with Crippen LogP contribution >= 0.6 is 0 Å². The Morgan fingerprint density at radius 2 is 1.66 bits per heavy atom. The quantitative estimate of drug-likeness (QED) is 0.545. The van der Waals surface area contributed by atoms with E-state index >= 15 is 0 Å². The summed E-state index contributed by atoms with van der Waals surface area (Å²) in [5.74, 6) is 0.657. The van der Waals surface area contributed by atoms with Crippen LogP contribution in [0.3, 0.4) is 0 Å². The van der Waals surface area contributed by atoms with Gasteiger partial charge in [-0.3, -0.25) is 15.4 Å². The summed E-state index contributed by atoms with van der Waals surface area (Å²) in [6, 6.07) is 13.2. The number of nitrogens with two attached hydrogens (primary N) is 1. The van der Waals surface area contributed by atoms with Crippen molar-refractivity contribution in [2.75, 3.05) is 7.05 Å². The number of aromatic nitrogens is 1. The van der Waals surface area contributed by atoms with Crippen LogP contribution in [0.1, 0.15) is 62.8 Å². The van der Waals surface area contributed by atoms with E-state index in [4.69, 9.17) is 21.3 Å². The summed E-state index contributed by atoms with van der Waals surface area (Å²) in [5, 5.41) is 15.0. The summed E-state index contributed by atoms with van der Waals surface area (Å²) < 4.78 is 7.48. The molecule has 1 saturated heterocycles. The van der Waals surface area contributed by atoms with Gasteiger partial charge in [-0.25, -0.2) is 0 Å². The number of nitrogens with zero attached hydrogens (tertiary/aromatic N) is 2. The van der Waals surface area contributed by atoms with E-state index in [1.54, 1.807) is 18.3 Å². The van der Waals surface area contributed by atoms with Crippen molar-refractivity contribution in [3.05, 3.63) is 59.2 Å². The highest BCUT2D eigenvalue weighted by atomic mass is 16.5. The largest absolute Gasteiger partial charge is 0.484 e. The molecule has 4 rings (SSSR count). The Balaban J connectivity index is 0.000000252. The van der Waals surface area contributed by atoms with Crippen molar-refractivity contribution in [2.24, 2.45) is 5.73 Å². The van der Waals surface area contributed by atoms with Gasteiger partial charge in [0.25, 0.3) is 0 Å². The standard InChI is InChI=1S/C16H18N4O.C7H15N/c17-10-20-9-11(5-8-16(20)19)21-15-7-6-14(18)12-3-1-2-4-13(12)15;1-6-4-5-7(2)8(6)3/h1-5,8-10,14-15,17,19H,6-7,18H2;6-7H,4-5H2,1-3H3/t14?,15-;6-,7+/m1./s1. The molecule has 6 nitrogen and oxygen atoms in total. The van der Waals surface area contributed by atoms with Crippen LogP contribution in [0.4, 0.5) is 0 Å². The maximum atomic E-state index is 7.67. The van der Waals surface area contributed by atoms with Crippen molar-refractivity contribution in [1.29, 1.82) is 10.8 Å². The van der Waals surface area contributed by atoms with Crippen molar-refractivity contribution < 1.29 is 4.74 Å². The monoisotopic (exact) mass is 395 g/mol. The Morgan fingerprint density at radius 3 is 2.24 bits per heavy atom. The molecule has 0 bridgehead atoms. The summed E-state index contributed by atoms with van der Waals surface area (Å²) in [6.45, 7) is 4.59. The Hall–Kier alpha value is -2.44. The van der Waals surface area contributed by atoms with Crippen molar-refractivity contribution in [1.82, 2.24) is 9.47 Å². The van der Waals surface area contributed by atoms with Gasteiger partial charge < -0.3 is 15.4 Å². The second-order valence-electron chi connectivity index (χ2n) is 8.15. The van der Waals surface area contributed by atoms with Gasteiger partial charge in [-0.2, -0.15) is 0 Å². The molecule has 0 spiro atoms. The van der Waals surface area contributed by atoms with Gasteiger partial charge in [-0.15, -0.1) is 0 Å². The second-order valence-corrected chi connectivity index (χ2v) is 8.15. The van der Waals surface area contributed by atoms with E-state index < -0.39 is 0 Å². The SMILES string of the molecule is C[C@@H]1CC[C@H](C)N1C.N=Cn1cc(O[C@@H]2CCC(N)c3ccccc32)ccc1=N. The lowest BCUT2D eigenvalue weighted by molar-refractivity contribution is 0.176. The fourth-order valence-electron chi connectivity index (χ4n) is 4.07. The van der Waals surface area contributed by atoms with Gasteiger partial charge in [0, 0.05) is 18.1 Å². The van der Waals surface area contributed by atoms with Crippen molar-refractivity contribution in [2.45, 2.75) is 63.8 Å². The van der Waals surface area contributed by atoms with Crippen molar-refractivity contribution in [3.63, 3.8) is 0 Å². The highest BCUT2D eigenvalue weighted by Gasteiger charge is 2.26. The molecule has 29 heavy (non-hydrogen) atoms. The van der Waals surface area contributed by atoms with Crippen LogP contribution in [-0.4, -0.2) is 34.9 Å². The first kappa shape index (κ1) is 21.3. The molecule has 4 atom stereocenters. The van der Waals surface area contributed by atoms with Gasteiger partial charge in [0.05, 0.1) is 12.5 Å². The average Bonchev–Trinajstić information content (AvgIpc) is 3.03. The molecule has 0 amide bonds. The number of rotatable bonds is 3. The zero-order chi connectivity index (χ0) is 21.0. The number of pyridine rings is 1. The molecule has 156 valence electrons. The minimum atomic E-state index is -0.0308. The third-order valence-corrected chi connectivity index (χ3v) is 6.24. The molecule has 4 N–H and O–H groups in total. The summed E-state index contributed by atoms with van der Waals surface area (Å²) >= 11 is 0. The zero-order valence-corrected chi connectivity index (χ0v) is 17.6. The first-order valence-corrected chi connectivity index (χ1v) is 10.4. The average molecular weight is 396 g/mol. The number of likely N-dealkylation sites (tertiary alicyclic amines) is 1. The summed E-state index contributed by atoms with van der Waals surface area (Å²) in [4.78, 5) is 2.44. The molecule has 1 aromatic carbocycles. The number of hydrogen-bond donors (Lipinski definition) is 3. The number of fused-ring (bicyclic) bond motifs is 1. The first-order valence-electron chi connectivity index (χ1n) is 10.4. The van der Waals surface area contributed by atoms with Gasteiger partial charge in [0.2, 0.25) is 0 Å². The Kier molecular flexibility index (Phi) is 6.87. The maximum absolute atomic E-state index is 7.67. The van der Waals surface area contributed by atoms with E-state index in [2.05, 4.69) is 37.9 Å². The Morgan fingerprint density at radius 1 is 1.00 bits per heavy atom. The first-order chi connectivity index (χ1) is 13.9. The van der Waals surface area contributed by atoms with E-state index in [-0.39, 0.29) is 17.6 Å². The van der Waals surface area contributed by atoms with Gasteiger partial charge in [0.15, 0.2) is 0 Å². The molecule has 1 aliphatic heterocycles. The van der Waals surface area contributed by atoms with E-state index in [0.717, 1.165) is 42.4 Å². The third-order valence-electron chi connectivity index (χ3n) is 6.24. The molecule has 2 heterocycles. The lowest BCUT2D eigenvalue weighted by Gasteiger charge is -2.30. The highest BCUT2D eigenvalue weighted by Crippen LogP contribution is 2.37. The fourth-order valence-corrected chi connectivity index (χ4v) is 4.07. The zero-order valence-electron chi connectivity index (χ0n) is 17.6. The summed E-state index contributed by atoms with van der Waals surface area (Å²) in [6.07, 6.45) is 7.26. The van der Waals surface area contributed by atoms with Gasteiger partial charge in [-0.05, 0) is 69.8 Å². The molecule has 2 aromatic rings. The van der Waals surface area contributed by atoms with Crippen LogP contribution < -0.4 is 16.0 Å². The molecule has 1 fully saturated rings. The number of nitrogens with one attached hydrogen (secondary N) is 2. The number of ether oxygens (including phenoxy) is 1. The van der Waals surface area contributed by atoms with Crippen LogP contribution in [0.25, 0.3) is 0 Å². The number of hydrogen-bond acceptors (Lipinski definition) is 5.